The lowest BCUT2D eigenvalue weighted by Gasteiger charge is -2.18. The average molecular weight is 311 g/mol. The Morgan fingerprint density at radius 3 is 2.38 bits per heavy atom. The molecule has 0 aromatic heterocycles. The summed E-state index contributed by atoms with van der Waals surface area (Å²) in [4.78, 5) is 0. The van der Waals surface area contributed by atoms with E-state index in [1.165, 1.54) is 5.56 Å². The third kappa shape index (κ3) is 4.45. The molecule has 0 aliphatic carbocycles. The van der Waals surface area contributed by atoms with Gasteiger partial charge in [0.15, 0.2) is 9.84 Å². The molecule has 1 atom stereocenters. The van der Waals surface area contributed by atoms with Crippen LogP contribution in [0.15, 0.2) is 12.1 Å². The van der Waals surface area contributed by atoms with Crippen molar-refractivity contribution in [2.45, 2.75) is 52.8 Å². The van der Waals surface area contributed by atoms with Gasteiger partial charge in [0.1, 0.15) is 11.9 Å². The number of hydrogen-bond acceptors (Lipinski definition) is 4. The van der Waals surface area contributed by atoms with Crippen LogP contribution in [0.4, 0.5) is 0 Å². The number of hydrogen-bond donors (Lipinski definition) is 1. The quantitative estimate of drug-likeness (QED) is 0.907. The van der Waals surface area contributed by atoms with E-state index in [2.05, 4.69) is 31.3 Å². The van der Waals surface area contributed by atoms with E-state index in [0.29, 0.717) is 12.5 Å². The number of ether oxygens (including phenoxy) is 1. The second-order valence-corrected chi connectivity index (χ2v) is 8.47. The van der Waals surface area contributed by atoms with Gasteiger partial charge in [0, 0.05) is 12.6 Å². The van der Waals surface area contributed by atoms with Gasteiger partial charge in [-0.25, -0.2) is 8.42 Å². The number of benzene rings is 1. The molecule has 1 unspecified atom stereocenters. The Balaban J connectivity index is 2.10. The first-order valence-electron chi connectivity index (χ1n) is 7.47. The zero-order valence-electron chi connectivity index (χ0n) is 13.3. The number of rotatable bonds is 5. The second-order valence-electron chi connectivity index (χ2n) is 6.24. The van der Waals surface area contributed by atoms with Crippen molar-refractivity contribution in [2.24, 2.45) is 0 Å². The highest BCUT2D eigenvalue weighted by Gasteiger charge is 2.30. The minimum Gasteiger partial charge on any atom is -0.489 e. The highest BCUT2D eigenvalue weighted by Crippen LogP contribution is 2.28. The highest BCUT2D eigenvalue weighted by molar-refractivity contribution is 7.91. The molecule has 1 saturated heterocycles. The Hall–Kier alpha value is -1.07. The van der Waals surface area contributed by atoms with Crippen LogP contribution in [0.25, 0.3) is 0 Å². The van der Waals surface area contributed by atoms with Gasteiger partial charge < -0.3 is 10.1 Å². The maximum atomic E-state index is 11.5. The van der Waals surface area contributed by atoms with E-state index in [1.807, 2.05) is 13.8 Å². The monoisotopic (exact) mass is 311 g/mol. The van der Waals surface area contributed by atoms with Crippen LogP contribution in [0.1, 0.15) is 37.0 Å². The smallest absolute Gasteiger partial charge is 0.154 e. The lowest BCUT2D eigenvalue weighted by Crippen LogP contribution is -2.22. The molecule has 1 aliphatic rings. The summed E-state index contributed by atoms with van der Waals surface area (Å²) in [5.74, 6) is 1.22. The van der Waals surface area contributed by atoms with Crippen molar-refractivity contribution < 1.29 is 13.2 Å². The minimum absolute atomic E-state index is 0.141. The summed E-state index contributed by atoms with van der Waals surface area (Å²) in [7, 11) is -2.90. The molecule has 21 heavy (non-hydrogen) atoms. The summed E-state index contributed by atoms with van der Waals surface area (Å²) >= 11 is 0. The van der Waals surface area contributed by atoms with Crippen LogP contribution in [0.5, 0.6) is 5.75 Å². The van der Waals surface area contributed by atoms with Gasteiger partial charge in [0.2, 0.25) is 0 Å². The van der Waals surface area contributed by atoms with Crippen molar-refractivity contribution in [2.75, 3.05) is 11.5 Å². The van der Waals surface area contributed by atoms with Crippen LogP contribution in [-0.4, -0.2) is 32.1 Å². The molecule has 1 fully saturated rings. The van der Waals surface area contributed by atoms with Crippen molar-refractivity contribution in [1.82, 2.24) is 5.32 Å². The fraction of sp³-hybridized carbons (Fsp3) is 0.625. The summed E-state index contributed by atoms with van der Waals surface area (Å²) < 4.78 is 29.0. The third-order valence-electron chi connectivity index (χ3n) is 3.71. The molecular formula is C16H25NO3S. The fourth-order valence-corrected chi connectivity index (χ4v) is 4.26. The molecule has 1 aromatic rings. The van der Waals surface area contributed by atoms with Gasteiger partial charge in [0.05, 0.1) is 11.5 Å². The van der Waals surface area contributed by atoms with E-state index in [0.717, 1.165) is 23.4 Å². The van der Waals surface area contributed by atoms with E-state index >= 15 is 0 Å². The van der Waals surface area contributed by atoms with Crippen molar-refractivity contribution in [1.29, 1.82) is 0 Å². The molecule has 1 heterocycles. The Morgan fingerprint density at radius 2 is 1.90 bits per heavy atom. The first kappa shape index (κ1) is 16.3. The van der Waals surface area contributed by atoms with Gasteiger partial charge in [-0.2, -0.15) is 0 Å². The van der Waals surface area contributed by atoms with Gasteiger partial charge in [0.25, 0.3) is 0 Å². The van der Waals surface area contributed by atoms with Crippen molar-refractivity contribution in [3.05, 3.63) is 28.8 Å². The summed E-state index contributed by atoms with van der Waals surface area (Å²) in [6.07, 6.45) is 0.393. The number of sulfone groups is 1. The predicted molar refractivity (Wildman–Crippen MR) is 85.6 cm³/mol. The van der Waals surface area contributed by atoms with Gasteiger partial charge in [-0.3, -0.25) is 0 Å². The molecule has 118 valence electrons. The first-order chi connectivity index (χ1) is 9.77. The fourth-order valence-electron chi connectivity index (χ4n) is 2.67. The van der Waals surface area contributed by atoms with Crippen LogP contribution < -0.4 is 10.1 Å². The zero-order valence-corrected chi connectivity index (χ0v) is 14.1. The largest absolute Gasteiger partial charge is 0.489 e. The lowest BCUT2D eigenvalue weighted by atomic mass is 10.1. The van der Waals surface area contributed by atoms with Gasteiger partial charge in [-0.05, 0) is 37.0 Å². The maximum Gasteiger partial charge on any atom is 0.154 e. The molecule has 1 N–H and O–H groups in total. The summed E-state index contributed by atoms with van der Waals surface area (Å²) in [5, 5.41) is 3.40. The van der Waals surface area contributed by atoms with Gasteiger partial charge in [-0.1, -0.05) is 26.0 Å². The summed E-state index contributed by atoms with van der Waals surface area (Å²) in [5.41, 5.74) is 3.37. The van der Waals surface area contributed by atoms with Crippen LogP contribution in [0.2, 0.25) is 0 Å². The maximum absolute atomic E-state index is 11.5. The number of nitrogens with one attached hydrogen (secondary N) is 1. The zero-order chi connectivity index (χ0) is 15.6. The molecule has 0 saturated carbocycles. The van der Waals surface area contributed by atoms with E-state index < -0.39 is 9.84 Å². The van der Waals surface area contributed by atoms with Crippen LogP contribution in [-0.2, 0) is 16.4 Å². The van der Waals surface area contributed by atoms with Crippen molar-refractivity contribution in [3.63, 3.8) is 0 Å². The van der Waals surface area contributed by atoms with Gasteiger partial charge >= 0.3 is 0 Å². The molecule has 0 amide bonds. The normalized spacial score (nSPS) is 20.9. The van der Waals surface area contributed by atoms with E-state index in [9.17, 15) is 8.42 Å². The van der Waals surface area contributed by atoms with E-state index in [1.54, 1.807) is 0 Å². The van der Waals surface area contributed by atoms with Crippen LogP contribution in [0.3, 0.4) is 0 Å². The minimum atomic E-state index is -2.90. The number of aryl methyl sites for hydroxylation is 2. The Kier molecular flexibility index (Phi) is 4.94. The molecule has 4 nitrogen and oxygen atoms in total. The molecule has 5 heteroatoms. The Labute approximate surface area is 127 Å². The van der Waals surface area contributed by atoms with Crippen LogP contribution in [0, 0.1) is 13.8 Å². The van der Waals surface area contributed by atoms with Crippen molar-refractivity contribution >= 4 is 9.84 Å². The highest BCUT2D eigenvalue weighted by atomic mass is 32.2. The molecular weight excluding hydrogens is 286 g/mol. The van der Waals surface area contributed by atoms with Crippen molar-refractivity contribution in [3.8, 4) is 5.75 Å². The molecule has 0 bridgehead atoms. The second kappa shape index (κ2) is 6.36. The molecule has 2 rings (SSSR count). The topological polar surface area (TPSA) is 55.4 Å². The first-order valence-corrected chi connectivity index (χ1v) is 9.29. The van der Waals surface area contributed by atoms with Gasteiger partial charge in [-0.15, -0.1) is 0 Å². The Morgan fingerprint density at radius 1 is 1.29 bits per heavy atom. The van der Waals surface area contributed by atoms with Crippen LogP contribution >= 0.6 is 0 Å². The van der Waals surface area contributed by atoms with E-state index in [-0.39, 0.29) is 17.6 Å². The molecule has 1 aliphatic heterocycles. The molecule has 0 spiro atoms. The third-order valence-corrected chi connectivity index (χ3v) is 5.45. The predicted octanol–water partition coefficient (Wildman–Crippen LogP) is 2.37. The molecule has 0 radical (unpaired) electrons. The molecule has 1 aromatic carbocycles. The standard InChI is InChI=1S/C16H25NO3S/c1-11(2)17-9-14-7-12(3)16(13(4)8-14)20-15-5-6-21(18,19)10-15/h7-8,11,15,17H,5-6,9-10H2,1-4H3. The Bertz CT molecular complexity index is 585. The lowest BCUT2D eigenvalue weighted by molar-refractivity contribution is 0.226. The van der Waals surface area contributed by atoms with E-state index in [4.69, 9.17) is 4.74 Å². The average Bonchev–Trinajstić information content (AvgIpc) is 2.71. The summed E-state index contributed by atoms with van der Waals surface area (Å²) in [6, 6.07) is 4.67. The summed E-state index contributed by atoms with van der Waals surface area (Å²) in [6.45, 7) is 9.11. The SMILES string of the molecule is Cc1cc(CNC(C)C)cc(C)c1OC1CCS(=O)(=O)C1.